The van der Waals surface area contributed by atoms with E-state index in [0.29, 0.717) is 28.6 Å². The van der Waals surface area contributed by atoms with Crippen molar-refractivity contribution in [3.8, 4) is 17.2 Å². The summed E-state index contributed by atoms with van der Waals surface area (Å²) in [7, 11) is 4.53. The van der Waals surface area contributed by atoms with Crippen LogP contribution in [0.2, 0.25) is 0 Å². The number of aliphatic imine (C=N–C) groups is 1. The van der Waals surface area contributed by atoms with Crippen LogP contribution in [0.5, 0.6) is 17.2 Å². The highest BCUT2D eigenvalue weighted by atomic mass is 16.5. The van der Waals surface area contributed by atoms with Gasteiger partial charge >= 0.3 is 0 Å². The molecule has 162 valence electrons. The second-order valence-electron chi connectivity index (χ2n) is 7.42. The van der Waals surface area contributed by atoms with Crippen molar-refractivity contribution in [2.75, 3.05) is 38.1 Å². The molecule has 2 aromatic carbocycles. The first-order valence-corrected chi connectivity index (χ1v) is 10.1. The highest BCUT2D eigenvalue weighted by Crippen LogP contribution is 2.40. The molecule has 1 heterocycles. The summed E-state index contributed by atoms with van der Waals surface area (Å²) in [5.41, 5.74) is 2.75. The van der Waals surface area contributed by atoms with E-state index in [0.717, 1.165) is 30.7 Å². The van der Waals surface area contributed by atoms with Gasteiger partial charge in [0, 0.05) is 23.5 Å². The Kier molecular flexibility index (Phi) is 5.79. The Morgan fingerprint density at radius 1 is 1.13 bits per heavy atom. The Bertz CT molecular complexity index is 1020. The molecule has 2 amide bonds. The third-order valence-corrected chi connectivity index (χ3v) is 5.58. The molecule has 1 fully saturated rings. The van der Waals surface area contributed by atoms with E-state index in [4.69, 9.17) is 19.2 Å². The third-order valence-electron chi connectivity index (χ3n) is 5.58. The van der Waals surface area contributed by atoms with Crippen molar-refractivity contribution in [3.63, 3.8) is 0 Å². The number of nitrogens with zero attached hydrogens (tertiary/aromatic N) is 2. The highest BCUT2D eigenvalue weighted by molar-refractivity contribution is 6.16. The van der Waals surface area contributed by atoms with Gasteiger partial charge in [0.1, 0.15) is 6.54 Å². The summed E-state index contributed by atoms with van der Waals surface area (Å²) < 4.78 is 16.0. The maximum atomic E-state index is 13.3. The lowest BCUT2D eigenvalue weighted by Crippen LogP contribution is -2.41. The molecule has 8 heteroatoms. The first kappa shape index (κ1) is 20.7. The van der Waals surface area contributed by atoms with Gasteiger partial charge in [0.15, 0.2) is 11.5 Å². The predicted molar refractivity (Wildman–Crippen MR) is 118 cm³/mol. The molecule has 0 radical (unpaired) electrons. The number of hydrogen-bond acceptors (Lipinski definition) is 6. The lowest BCUT2D eigenvalue weighted by atomic mass is 10.1. The van der Waals surface area contributed by atoms with Crippen molar-refractivity contribution < 1.29 is 23.8 Å². The van der Waals surface area contributed by atoms with E-state index in [1.54, 1.807) is 12.1 Å². The monoisotopic (exact) mass is 423 g/mol. The van der Waals surface area contributed by atoms with Crippen LogP contribution in [-0.2, 0) is 9.59 Å². The largest absolute Gasteiger partial charge is 0.493 e. The summed E-state index contributed by atoms with van der Waals surface area (Å²) >= 11 is 0. The first-order valence-electron chi connectivity index (χ1n) is 10.1. The van der Waals surface area contributed by atoms with E-state index in [1.165, 1.54) is 26.2 Å². The normalized spacial score (nSPS) is 17.3. The Morgan fingerprint density at radius 3 is 2.52 bits per heavy atom. The molecule has 1 aliphatic carbocycles. The highest BCUT2D eigenvalue weighted by Gasteiger charge is 2.37. The van der Waals surface area contributed by atoms with Crippen LogP contribution in [-0.4, -0.2) is 45.4 Å². The number of anilines is 2. The SMILES string of the molecule is COc1cc(NC(=O)CN2C(=O)C3CCCC3=Nc3ccccc32)cc(OC)c1OC. The van der Waals surface area contributed by atoms with E-state index in [2.05, 4.69) is 5.32 Å². The number of nitrogens with one attached hydrogen (secondary N) is 1. The molecular weight excluding hydrogens is 398 g/mol. The molecule has 1 aliphatic heterocycles. The molecule has 1 unspecified atom stereocenters. The van der Waals surface area contributed by atoms with E-state index < -0.39 is 0 Å². The number of para-hydroxylation sites is 2. The second-order valence-corrected chi connectivity index (χ2v) is 7.42. The molecule has 8 nitrogen and oxygen atoms in total. The number of ether oxygens (including phenoxy) is 3. The number of fused-ring (bicyclic) bond motifs is 2. The van der Waals surface area contributed by atoms with E-state index >= 15 is 0 Å². The van der Waals surface area contributed by atoms with Crippen LogP contribution in [0.3, 0.4) is 0 Å². The maximum Gasteiger partial charge on any atom is 0.244 e. The van der Waals surface area contributed by atoms with Crippen LogP contribution < -0.4 is 24.4 Å². The predicted octanol–water partition coefficient (Wildman–Crippen LogP) is 3.57. The van der Waals surface area contributed by atoms with Crippen molar-refractivity contribution in [3.05, 3.63) is 36.4 Å². The topological polar surface area (TPSA) is 89.5 Å². The van der Waals surface area contributed by atoms with E-state index in [9.17, 15) is 9.59 Å². The van der Waals surface area contributed by atoms with Crippen molar-refractivity contribution in [1.82, 2.24) is 0 Å². The van der Waals surface area contributed by atoms with Gasteiger partial charge in [-0.25, -0.2) is 0 Å². The Balaban J connectivity index is 1.59. The first-order chi connectivity index (χ1) is 15.0. The van der Waals surface area contributed by atoms with Crippen molar-refractivity contribution in [1.29, 1.82) is 0 Å². The van der Waals surface area contributed by atoms with Crippen LogP contribution in [0.4, 0.5) is 17.1 Å². The molecule has 2 aliphatic rings. The van der Waals surface area contributed by atoms with Crippen LogP contribution >= 0.6 is 0 Å². The zero-order valence-electron chi connectivity index (χ0n) is 17.8. The Labute approximate surface area is 180 Å². The number of methoxy groups -OCH3 is 3. The smallest absolute Gasteiger partial charge is 0.244 e. The molecule has 1 saturated carbocycles. The van der Waals surface area contributed by atoms with E-state index in [1.807, 2.05) is 24.3 Å². The number of benzene rings is 2. The summed E-state index contributed by atoms with van der Waals surface area (Å²) in [6, 6.07) is 10.7. The molecule has 0 bridgehead atoms. The van der Waals surface area contributed by atoms with Crippen molar-refractivity contribution >= 4 is 34.6 Å². The zero-order chi connectivity index (χ0) is 22.0. The standard InChI is InChI=1S/C23H25N3O5/c1-29-19-11-14(12-20(30-2)22(19)31-3)24-21(27)13-26-18-10-5-4-8-17(18)25-16-9-6-7-15(16)23(26)28/h4-5,8,10-12,15H,6-7,9,13H2,1-3H3,(H,24,27). The minimum atomic E-state index is -0.334. The number of amides is 2. The van der Waals surface area contributed by atoms with Gasteiger partial charge in [0.05, 0.1) is 38.6 Å². The average Bonchev–Trinajstić information content (AvgIpc) is 3.21. The van der Waals surface area contributed by atoms with Gasteiger partial charge in [0.2, 0.25) is 17.6 Å². The van der Waals surface area contributed by atoms with Gasteiger partial charge in [-0.3, -0.25) is 14.6 Å². The van der Waals surface area contributed by atoms with E-state index in [-0.39, 0.29) is 24.3 Å². The fraction of sp³-hybridized carbons (Fsp3) is 0.348. The molecule has 1 N–H and O–H groups in total. The molecular formula is C23H25N3O5. The molecule has 0 saturated heterocycles. The summed E-state index contributed by atoms with van der Waals surface area (Å²) in [6.07, 6.45) is 2.51. The molecule has 0 spiro atoms. The Morgan fingerprint density at radius 2 is 1.84 bits per heavy atom. The number of rotatable bonds is 6. The van der Waals surface area contributed by atoms with Gasteiger partial charge in [-0.15, -0.1) is 0 Å². The van der Waals surface area contributed by atoms with Gasteiger partial charge in [0.25, 0.3) is 0 Å². The fourth-order valence-corrected chi connectivity index (χ4v) is 4.14. The van der Waals surface area contributed by atoms with Gasteiger partial charge in [-0.1, -0.05) is 12.1 Å². The molecule has 31 heavy (non-hydrogen) atoms. The fourth-order valence-electron chi connectivity index (χ4n) is 4.14. The number of hydrogen-bond donors (Lipinski definition) is 1. The lowest BCUT2D eigenvalue weighted by Gasteiger charge is -2.24. The summed E-state index contributed by atoms with van der Waals surface area (Å²) in [4.78, 5) is 32.5. The minimum absolute atomic E-state index is 0.0822. The van der Waals surface area contributed by atoms with Crippen LogP contribution in [0.15, 0.2) is 41.4 Å². The van der Waals surface area contributed by atoms with Crippen LogP contribution in [0.1, 0.15) is 19.3 Å². The summed E-state index contributed by atoms with van der Waals surface area (Å²) in [5, 5.41) is 2.84. The average molecular weight is 423 g/mol. The lowest BCUT2D eigenvalue weighted by molar-refractivity contribution is -0.122. The van der Waals surface area contributed by atoms with Crippen LogP contribution in [0.25, 0.3) is 0 Å². The maximum absolute atomic E-state index is 13.3. The molecule has 0 aromatic heterocycles. The van der Waals surface area contributed by atoms with Gasteiger partial charge in [-0.05, 0) is 31.4 Å². The molecule has 4 rings (SSSR count). The summed E-state index contributed by atoms with van der Waals surface area (Å²) in [5.74, 6) is 0.613. The molecule has 1 atom stereocenters. The van der Waals surface area contributed by atoms with Crippen molar-refractivity contribution in [2.24, 2.45) is 10.9 Å². The quantitative estimate of drug-likeness (QED) is 0.767. The third kappa shape index (κ3) is 3.93. The summed E-state index contributed by atoms with van der Waals surface area (Å²) in [6.45, 7) is -0.119. The zero-order valence-corrected chi connectivity index (χ0v) is 17.8. The number of carbonyl (C=O) groups excluding carboxylic acids is 2. The Hall–Kier alpha value is -3.55. The molecule has 2 aromatic rings. The minimum Gasteiger partial charge on any atom is -0.493 e. The van der Waals surface area contributed by atoms with Crippen molar-refractivity contribution in [2.45, 2.75) is 19.3 Å². The second kappa shape index (κ2) is 8.67. The van der Waals surface area contributed by atoms with Crippen LogP contribution in [0, 0.1) is 5.92 Å². The van der Waals surface area contributed by atoms with Gasteiger partial charge in [-0.2, -0.15) is 0 Å². The van der Waals surface area contributed by atoms with Gasteiger partial charge < -0.3 is 24.4 Å². The number of carbonyl (C=O) groups is 2.